The van der Waals surface area contributed by atoms with Crippen molar-refractivity contribution in [2.75, 3.05) is 46.2 Å². The van der Waals surface area contributed by atoms with Crippen LogP contribution in [-0.4, -0.2) is 63.4 Å². The minimum absolute atomic E-state index is 0.0601. The molecule has 1 fully saturated rings. The van der Waals surface area contributed by atoms with Crippen LogP contribution in [0.2, 0.25) is 0 Å². The normalized spacial score (nSPS) is 20.5. The Morgan fingerprint density at radius 1 is 1.18 bits per heavy atom. The Hall–Kier alpha value is -1.54. The minimum atomic E-state index is -0.957. The molecule has 1 saturated carbocycles. The van der Waals surface area contributed by atoms with Crippen molar-refractivity contribution in [1.82, 2.24) is 5.32 Å². The second kappa shape index (κ2) is 12.0. The van der Waals surface area contributed by atoms with Gasteiger partial charge in [0.2, 0.25) is 0 Å². The summed E-state index contributed by atoms with van der Waals surface area (Å²) >= 11 is 0. The van der Waals surface area contributed by atoms with Gasteiger partial charge >= 0.3 is 6.09 Å². The summed E-state index contributed by atoms with van der Waals surface area (Å²) in [6.45, 7) is 3.34. The number of nitrogens with zero attached hydrogens (tertiary/aromatic N) is 3. The predicted octanol–water partition coefficient (Wildman–Crippen LogP) is 1.78. The summed E-state index contributed by atoms with van der Waals surface area (Å²) in [5.74, 6) is 0.417. The van der Waals surface area contributed by atoms with Crippen molar-refractivity contribution in [1.29, 1.82) is 0 Å². The van der Waals surface area contributed by atoms with E-state index in [4.69, 9.17) is 24.8 Å². The van der Waals surface area contributed by atoms with Gasteiger partial charge < -0.3 is 24.6 Å². The number of amides is 1. The van der Waals surface area contributed by atoms with Crippen molar-refractivity contribution in [3.8, 4) is 0 Å². The largest absolute Gasteiger partial charge is 0.465 e. The van der Waals surface area contributed by atoms with Crippen LogP contribution in [0.3, 0.4) is 0 Å². The molecule has 22 heavy (non-hydrogen) atoms. The van der Waals surface area contributed by atoms with Crippen LogP contribution < -0.4 is 5.32 Å². The number of ether oxygens (including phenoxy) is 3. The van der Waals surface area contributed by atoms with Gasteiger partial charge in [0, 0.05) is 24.1 Å². The molecule has 1 amide bonds. The van der Waals surface area contributed by atoms with Crippen LogP contribution in [0.1, 0.15) is 19.3 Å². The second-order valence-electron chi connectivity index (χ2n) is 5.08. The molecule has 0 heterocycles. The summed E-state index contributed by atoms with van der Waals surface area (Å²) in [6.07, 6.45) is 1.75. The summed E-state index contributed by atoms with van der Waals surface area (Å²) in [5, 5.41) is 14.5. The Kier molecular flexibility index (Phi) is 10.1. The molecule has 1 aliphatic carbocycles. The van der Waals surface area contributed by atoms with Gasteiger partial charge in [0.15, 0.2) is 0 Å². The first-order valence-electron chi connectivity index (χ1n) is 7.46. The molecule has 9 heteroatoms. The maximum atomic E-state index is 10.5. The number of hydrogen-bond donors (Lipinski definition) is 2. The summed E-state index contributed by atoms with van der Waals surface area (Å²) in [7, 11) is 0. The first kappa shape index (κ1) is 18.5. The van der Waals surface area contributed by atoms with Crippen molar-refractivity contribution in [3.05, 3.63) is 10.4 Å². The van der Waals surface area contributed by atoms with Crippen molar-refractivity contribution < 1.29 is 24.1 Å². The molecule has 126 valence electrons. The van der Waals surface area contributed by atoms with Crippen LogP contribution in [0, 0.1) is 5.92 Å². The third-order valence-corrected chi connectivity index (χ3v) is 3.37. The lowest BCUT2D eigenvalue weighted by atomic mass is 10.1. The van der Waals surface area contributed by atoms with Crippen LogP contribution in [0.15, 0.2) is 5.11 Å². The predicted molar refractivity (Wildman–Crippen MR) is 78.8 cm³/mol. The number of rotatable bonds is 12. The van der Waals surface area contributed by atoms with Gasteiger partial charge in [-0.25, -0.2) is 4.79 Å². The molecule has 0 radical (unpaired) electrons. The zero-order chi connectivity index (χ0) is 16.0. The van der Waals surface area contributed by atoms with Crippen LogP contribution in [0.4, 0.5) is 4.79 Å². The molecule has 2 N–H and O–H groups in total. The Balaban J connectivity index is 1.84. The molecule has 2 atom stereocenters. The molecule has 0 aliphatic heterocycles. The average molecular weight is 316 g/mol. The maximum absolute atomic E-state index is 10.5. The smallest absolute Gasteiger partial charge is 0.404 e. The number of hydrogen-bond acceptors (Lipinski definition) is 5. The van der Waals surface area contributed by atoms with Crippen molar-refractivity contribution in [3.63, 3.8) is 0 Å². The monoisotopic (exact) mass is 316 g/mol. The first-order chi connectivity index (χ1) is 10.7. The van der Waals surface area contributed by atoms with E-state index < -0.39 is 6.09 Å². The van der Waals surface area contributed by atoms with Crippen LogP contribution in [0.25, 0.3) is 10.4 Å². The lowest BCUT2D eigenvalue weighted by Gasteiger charge is -2.12. The molecule has 0 bridgehead atoms. The molecule has 1 rings (SSSR count). The van der Waals surface area contributed by atoms with Crippen molar-refractivity contribution in [2.45, 2.75) is 25.3 Å². The zero-order valence-electron chi connectivity index (χ0n) is 12.6. The Labute approximate surface area is 129 Å². The third-order valence-electron chi connectivity index (χ3n) is 3.37. The van der Waals surface area contributed by atoms with Gasteiger partial charge in [-0.1, -0.05) is 5.11 Å². The highest BCUT2D eigenvalue weighted by Gasteiger charge is 2.25. The number of carboxylic acid groups (broad SMARTS) is 1. The van der Waals surface area contributed by atoms with E-state index in [0.717, 1.165) is 19.3 Å². The van der Waals surface area contributed by atoms with E-state index in [1.807, 2.05) is 0 Å². The molecule has 0 aromatic heterocycles. The standard InChI is InChI=1S/C13H24N4O5/c14-17-15-3-4-20-5-6-21-7-8-22-10-11-1-2-12(9-11)16-13(18)19/h11-12,16H,1-10H2,(H,18,19)/t11-,12-/m1/s1. The Bertz CT molecular complexity index is 362. The van der Waals surface area contributed by atoms with Gasteiger partial charge in [0.1, 0.15) is 0 Å². The van der Waals surface area contributed by atoms with E-state index in [9.17, 15) is 4.79 Å². The molecular formula is C13H24N4O5. The Morgan fingerprint density at radius 2 is 1.86 bits per heavy atom. The van der Waals surface area contributed by atoms with E-state index in [2.05, 4.69) is 15.3 Å². The van der Waals surface area contributed by atoms with E-state index in [1.165, 1.54) is 0 Å². The van der Waals surface area contributed by atoms with Gasteiger partial charge in [-0.3, -0.25) is 0 Å². The zero-order valence-corrected chi connectivity index (χ0v) is 12.6. The third kappa shape index (κ3) is 9.41. The molecule has 0 aromatic carbocycles. The lowest BCUT2D eigenvalue weighted by molar-refractivity contribution is 0.00879. The van der Waals surface area contributed by atoms with Gasteiger partial charge in [-0.2, -0.15) is 0 Å². The average Bonchev–Trinajstić information content (AvgIpc) is 2.91. The lowest BCUT2D eigenvalue weighted by Crippen LogP contribution is -2.31. The summed E-state index contributed by atoms with van der Waals surface area (Å²) < 4.78 is 16.1. The fraction of sp³-hybridized carbons (Fsp3) is 0.923. The van der Waals surface area contributed by atoms with Gasteiger partial charge in [-0.05, 0) is 30.7 Å². The summed E-state index contributed by atoms with van der Waals surface area (Å²) in [6, 6.07) is 0.0601. The second-order valence-corrected chi connectivity index (χ2v) is 5.08. The SMILES string of the molecule is [N-]=[N+]=NCCOCCOCCOC[C@@H]1CC[C@@H](NC(=O)O)C1. The maximum Gasteiger partial charge on any atom is 0.404 e. The number of azide groups is 1. The van der Waals surface area contributed by atoms with Gasteiger partial charge in [0.25, 0.3) is 0 Å². The highest BCUT2D eigenvalue weighted by Crippen LogP contribution is 2.25. The van der Waals surface area contributed by atoms with E-state index in [1.54, 1.807) is 0 Å². The molecule has 1 aliphatic rings. The van der Waals surface area contributed by atoms with Crippen LogP contribution in [-0.2, 0) is 14.2 Å². The Morgan fingerprint density at radius 3 is 2.55 bits per heavy atom. The fourth-order valence-electron chi connectivity index (χ4n) is 2.37. The number of nitrogens with one attached hydrogen (secondary N) is 1. The fourth-order valence-corrected chi connectivity index (χ4v) is 2.37. The topological polar surface area (TPSA) is 126 Å². The minimum Gasteiger partial charge on any atom is -0.465 e. The molecule has 0 spiro atoms. The van der Waals surface area contributed by atoms with Gasteiger partial charge in [-0.15, -0.1) is 0 Å². The molecule has 9 nitrogen and oxygen atoms in total. The molecule has 0 unspecified atom stereocenters. The van der Waals surface area contributed by atoms with E-state index in [0.29, 0.717) is 52.1 Å². The van der Waals surface area contributed by atoms with Crippen LogP contribution in [0.5, 0.6) is 0 Å². The van der Waals surface area contributed by atoms with Crippen molar-refractivity contribution in [2.24, 2.45) is 11.0 Å². The quantitative estimate of drug-likeness (QED) is 0.246. The highest BCUT2D eigenvalue weighted by molar-refractivity contribution is 5.64. The summed E-state index contributed by atoms with van der Waals surface area (Å²) in [4.78, 5) is 13.1. The van der Waals surface area contributed by atoms with E-state index >= 15 is 0 Å². The number of carbonyl (C=O) groups is 1. The molecule has 0 saturated heterocycles. The molecule has 0 aromatic rings. The van der Waals surface area contributed by atoms with Crippen molar-refractivity contribution >= 4 is 6.09 Å². The van der Waals surface area contributed by atoms with Crippen LogP contribution >= 0.6 is 0 Å². The summed E-state index contributed by atoms with van der Waals surface area (Å²) in [5.41, 5.74) is 8.06. The molecular weight excluding hydrogens is 292 g/mol. The van der Waals surface area contributed by atoms with Gasteiger partial charge in [0.05, 0.1) is 33.0 Å². The first-order valence-corrected chi connectivity index (χ1v) is 7.46. The highest BCUT2D eigenvalue weighted by atomic mass is 16.5. The van der Waals surface area contributed by atoms with E-state index in [-0.39, 0.29) is 6.04 Å².